The van der Waals surface area contributed by atoms with Crippen molar-refractivity contribution < 1.29 is 4.74 Å². The number of hydrogen-bond acceptors (Lipinski definition) is 5. The maximum atomic E-state index is 5.11. The van der Waals surface area contributed by atoms with Crippen molar-refractivity contribution in [2.45, 2.75) is 20.5 Å². The van der Waals surface area contributed by atoms with Crippen LogP contribution in [0.1, 0.15) is 18.3 Å². The van der Waals surface area contributed by atoms with E-state index in [1.165, 1.54) is 10.4 Å². The van der Waals surface area contributed by atoms with Crippen LogP contribution in [0.15, 0.2) is 17.5 Å². The standard InChI is InChI=1S/C13H17N3OS/c1-4-14-11-7-10(13-9(2)5-6-18-13)15-12(16-11)8-17-3/h5-7H,4,8H2,1-3H3,(H,14,15,16). The second kappa shape index (κ2) is 5.93. The summed E-state index contributed by atoms with van der Waals surface area (Å²) >= 11 is 1.70. The molecule has 18 heavy (non-hydrogen) atoms. The first-order valence-electron chi connectivity index (χ1n) is 5.89. The maximum absolute atomic E-state index is 5.11. The second-order valence-corrected chi connectivity index (χ2v) is 4.87. The van der Waals surface area contributed by atoms with E-state index in [4.69, 9.17) is 4.74 Å². The van der Waals surface area contributed by atoms with Gasteiger partial charge in [-0.15, -0.1) is 11.3 Å². The van der Waals surface area contributed by atoms with Crippen molar-refractivity contribution in [3.8, 4) is 10.6 Å². The van der Waals surface area contributed by atoms with Gasteiger partial charge in [0.05, 0.1) is 10.6 Å². The normalized spacial score (nSPS) is 10.6. The summed E-state index contributed by atoms with van der Waals surface area (Å²) in [6.45, 7) is 5.41. The number of thiophene rings is 1. The van der Waals surface area contributed by atoms with Crippen LogP contribution in [-0.2, 0) is 11.3 Å². The molecule has 0 aliphatic heterocycles. The zero-order valence-corrected chi connectivity index (χ0v) is 11.7. The molecule has 0 amide bonds. The Morgan fingerprint density at radius 3 is 2.83 bits per heavy atom. The topological polar surface area (TPSA) is 47.0 Å². The highest BCUT2D eigenvalue weighted by molar-refractivity contribution is 7.13. The molecule has 5 heteroatoms. The van der Waals surface area contributed by atoms with Gasteiger partial charge < -0.3 is 10.1 Å². The Labute approximate surface area is 111 Å². The minimum absolute atomic E-state index is 0.427. The number of rotatable bonds is 5. The molecule has 0 spiro atoms. The van der Waals surface area contributed by atoms with Gasteiger partial charge in [0.1, 0.15) is 12.4 Å². The fourth-order valence-corrected chi connectivity index (χ4v) is 2.60. The zero-order valence-electron chi connectivity index (χ0n) is 10.9. The SMILES string of the molecule is CCNc1cc(-c2sccc2C)nc(COC)n1. The molecule has 0 unspecified atom stereocenters. The number of nitrogens with one attached hydrogen (secondary N) is 1. The number of methoxy groups -OCH3 is 1. The predicted octanol–water partition coefficient (Wildman–Crippen LogP) is 3.09. The first kappa shape index (κ1) is 13.0. The van der Waals surface area contributed by atoms with Crippen LogP contribution >= 0.6 is 11.3 Å². The number of aryl methyl sites for hydroxylation is 1. The largest absolute Gasteiger partial charge is 0.377 e. The quantitative estimate of drug-likeness (QED) is 0.900. The van der Waals surface area contributed by atoms with Gasteiger partial charge in [0, 0.05) is 19.7 Å². The Morgan fingerprint density at radius 1 is 1.39 bits per heavy atom. The van der Waals surface area contributed by atoms with Crippen molar-refractivity contribution >= 4 is 17.2 Å². The van der Waals surface area contributed by atoms with Crippen molar-refractivity contribution in [3.63, 3.8) is 0 Å². The summed E-state index contributed by atoms with van der Waals surface area (Å²) in [6, 6.07) is 4.09. The molecule has 0 aliphatic carbocycles. The van der Waals surface area contributed by atoms with Crippen LogP contribution < -0.4 is 5.32 Å². The molecule has 0 radical (unpaired) electrons. The van der Waals surface area contributed by atoms with Crippen molar-refractivity contribution in [1.29, 1.82) is 0 Å². The molecule has 0 aliphatic rings. The number of aromatic nitrogens is 2. The van der Waals surface area contributed by atoms with E-state index in [1.54, 1.807) is 18.4 Å². The van der Waals surface area contributed by atoms with Crippen molar-refractivity contribution in [2.75, 3.05) is 19.0 Å². The molecule has 2 rings (SSSR count). The summed E-state index contributed by atoms with van der Waals surface area (Å²) in [6.07, 6.45) is 0. The van der Waals surface area contributed by atoms with E-state index in [0.29, 0.717) is 12.4 Å². The highest BCUT2D eigenvalue weighted by Crippen LogP contribution is 2.28. The van der Waals surface area contributed by atoms with E-state index in [2.05, 4.69) is 33.7 Å². The fraction of sp³-hybridized carbons (Fsp3) is 0.385. The number of anilines is 1. The molecule has 1 N–H and O–H groups in total. The lowest BCUT2D eigenvalue weighted by Gasteiger charge is -2.08. The molecule has 0 saturated heterocycles. The van der Waals surface area contributed by atoms with Gasteiger partial charge in [-0.25, -0.2) is 9.97 Å². The van der Waals surface area contributed by atoms with Gasteiger partial charge in [-0.3, -0.25) is 0 Å². The zero-order chi connectivity index (χ0) is 13.0. The molecule has 2 aromatic rings. The summed E-state index contributed by atoms with van der Waals surface area (Å²) in [5.74, 6) is 1.56. The molecule has 0 atom stereocenters. The predicted molar refractivity (Wildman–Crippen MR) is 75.0 cm³/mol. The van der Waals surface area contributed by atoms with Gasteiger partial charge in [0.15, 0.2) is 5.82 Å². The average Bonchev–Trinajstić information content (AvgIpc) is 2.76. The van der Waals surface area contributed by atoms with Crippen molar-refractivity contribution in [2.24, 2.45) is 0 Å². The Hall–Kier alpha value is -1.46. The summed E-state index contributed by atoms with van der Waals surface area (Å²) in [4.78, 5) is 10.1. The highest BCUT2D eigenvalue weighted by Gasteiger charge is 2.09. The number of nitrogens with zero attached hydrogens (tertiary/aromatic N) is 2. The molecule has 0 fully saturated rings. The first-order valence-corrected chi connectivity index (χ1v) is 6.77. The van der Waals surface area contributed by atoms with E-state index in [0.717, 1.165) is 18.1 Å². The minimum Gasteiger partial charge on any atom is -0.377 e. The van der Waals surface area contributed by atoms with E-state index in [9.17, 15) is 0 Å². The summed E-state index contributed by atoms with van der Waals surface area (Å²) < 4.78 is 5.11. The monoisotopic (exact) mass is 263 g/mol. The summed E-state index contributed by atoms with van der Waals surface area (Å²) in [7, 11) is 1.65. The Balaban J connectivity index is 2.42. The third-order valence-corrected chi connectivity index (χ3v) is 3.54. The van der Waals surface area contributed by atoms with Crippen molar-refractivity contribution in [3.05, 3.63) is 28.9 Å². The Morgan fingerprint density at radius 2 is 2.22 bits per heavy atom. The molecular weight excluding hydrogens is 246 g/mol. The molecular formula is C13H17N3OS. The first-order chi connectivity index (χ1) is 8.74. The number of hydrogen-bond donors (Lipinski definition) is 1. The van der Waals surface area contributed by atoms with E-state index >= 15 is 0 Å². The van der Waals surface area contributed by atoms with Crippen LogP contribution in [0.5, 0.6) is 0 Å². The molecule has 0 bridgehead atoms. The molecule has 4 nitrogen and oxygen atoms in total. The third kappa shape index (κ3) is 2.86. The lowest BCUT2D eigenvalue weighted by molar-refractivity contribution is 0.178. The molecule has 2 aromatic heterocycles. The van der Waals surface area contributed by atoms with E-state index in [-0.39, 0.29) is 0 Å². The van der Waals surface area contributed by atoms with Crippen LogP contribution in [0.4, 0.5) is 5.82 Å². The Bertz CT molecular complexity index is 500. The Kier molecular flexibility index (Phi) is 4.28. The maximum Gasteiger partial charge on any atom is 0.157 e. The van der Waals surface area contributed by atoms with Crippen LogP contribution in [0.3, 0.4) is 0 Å². The molecule has 0 aromatic carbocycles. The van der Waals surface area contributed by atoms with Gasteiger partial charge in [-0.2, -0.15) is 0 Å². The van der Waals surface area contributed by atoms with Gasteiger partial charge in [0.2, 0.25) is 0 Å². The minimum atomic E-state index is 0.427. The molecule has 96 valence electrons. The smallest absolute Gasteiger partial charge is 0.157 e. The lowest BCUT2D eigenvalue weighted by atomic mass is 10.2. The second-order valence-electron chi connectivity index (χ2n) is 3.95. The molecule has 0 saturated carbocycles. The van der Waals surface area contributed by atoms with Gasteiger partial charge in [-0.1, -0.05) is 0 Å². The third-order valence-electron chi connectivity index (χ3n) is 2.50. The van der Waals surface area contributed by atoms with Crippen LogP contribution in [-0.4, -0.2) is 23.6 Å². The van der Waals surface area contributed by atoms with Gasteiger partial charge >= 0.3 is 0 Å². The molecule has 2 heterocycles. The van der Waals surface area contributed by atoms with Gasteiger partial charge in [0.25, 0.3) is 0 Å². The van der Waals surface area contributed by atoms with Crippen molar-refractivity contribution in [1.82, 2.24) is 9.97 Å². The fourth-order valence-electron chi connectivity index (χ4n) is 1.71. The highest BCUT2D eigenvalue weighted by atomic mass is 32.1. The van der Waals surface area contributed by atoms with Crippen LogP contribution in [0, 0.1) is 6.92 Å². The van der Waals surface area contributed by atoms with Gasteiger partial charge in [-0.05, 0) is 30.9 Å². The van der Waals surface area contributed by atoms with E-state index in [1.807, 2.05) is 13.0 Å². The van der Waals surface area contributed by atoms with Crippen LogP contribution in [0.2, 0.25) is 0 Å². The number of ether oxygens (including phenoxy) is 1. The summed E-state index contributed by atoms with van der Waals surface area (Å²) in [5.41, 5.74) is 2.20. The lowest BCUT2D eigenvalue weighted by Crippen LogP contribution is -2.05. The van der Waals surface area contributed by atoms with E-state index < -0.39 is 0 Å². The van der Waals surface area contributed by atoms with Crippen LogP contribution in [0.25, 0.3) is 10.6 Å². The summed E-state index contributed by atoms with van der Waals surface area (Å²) in [5, 5.41) is 5.31. The average molecular weight is 263 g/mol.